The fourth-order valence-corrected chi connectivity index (χ4v) is 2.00. The molecule has 0 N–H and O–H groups in total. The van der Waals surface area contributed by atoms with Crippen LogP contribution in [0.25, 0.3) is 0 Å². The zero-order valence-corrected chi connectivity index (χ0v) is 12.6. The molecular weight excluding hydrogens is 294 g/mol. The first-order chi connectivity index (χ1) is 8.69. The van der Waals surface area contributed by atoms with Gasteiger partial charge in [0.1, 0.15) is 5.75 Å². The topological polar surface area (TPSA) is 29.5 Å². The van der Waals surface area contributed by atoms with Gasteiger partial charge in [0.2, 0.25) is 0 Å². The second-order valence-corrected chi connectivity index (χ2v) is 4.90. The number of hydrogen-bond acceptors (Lipinski definition) is 2. The highest BCUT2D eigenvalue weighted by molar-refractivity contribution is 9.10. The molecule has 0 aliphatic carbocycles. The van der Waals surface area contributed by atoms with Gasteiger partial charge in [-0.05, 0) is 41.4 Å². The lowest BCUT2D eigenvalue weighted by Gasteiger charge is -2.20. The van der Waals surface area contributed by atoms with Crippen LogP contribution in [0.4, 0.5) is 0 Å². The molecule has 1 rings (SSSR count). The highest BCUT2D eigenvalue weighted by Crippen LogP contribution is 2.23. The van der Waals surface area contributed by atoms with Crippen LogP contribution in [0.2, 0.25) is 0 Å². The van der Waals surface area contributed by atoms with Crippen molar-refractivity contribution in [1.82, 2.24) is 4.90 Å². The number of benzene rings is 1. The van der Waals surface area contributed by atoms with E-state index in [-0.39, 0.29) is 12.5 Å². The van der Waals surface area contributed by atoms with Gasteiger partial charge < -0.3 is 9.64 Å². The predicted molar refractivity (Wildman–Crippen MR) is 76.8 cm³/mol. The fourth-order valence-electron chi connectivity index (χ4n) is 1.60. The number of carbonyl (C=O) groups excluding carboxylic acids is 1. The van der Waals surface area contributed by atoms with E-state index in [1.54, 1.807) is 0 Å². The summed E-state index contributed by atoms with van der Waals surface area (Å²) in [6.07, 6.45) is 2.13. The molecule has 0 aromatic heterocycles. The monoisotopic (exact) mass is 313 g/mol. The van der Waals surface area contributed by atoms with Gasteiger partial charge in [0.25, 0.3) is 5.91 Å². The molecule has 0 atom stereocenters. The van der Waals surface area contributed by atoms with E-state index in [1.165, 1.54) is 0 Å². The first-order valence-electron chi connectivity index (χ1n) is 6.34. The smallest absolute Gasteiger partial charge is 0.260 e. The highest BCUT2D eigenvalue weighted by atomic mass is 79.9. The molecule has 0 radical (unpaired) electrons. The first kappa shape index (κ1) is 15.0. The van der Waals surface area contributed by atoms with Gasteiger partial charge in [-0.15, -0.1) is 0 Å². The summed E-state index contributed by atoms with van der Waals surface area (Å²) >= 11 is 3.39. The molecule has 1 aromatic carbocycles. The number of para-hydroxylation sites is 1. The second kappa shape index (κ2) is 8.14. The van der Waals surface area contributed by atoms with Crippen LogP contribution >= 0.6 is 15.9 Å². The molecule has 0 aliphatic heterocycles. The number of unbranched alkanes of at least 4 members (excludes halogenated alkanes) is 1. The standard InChI is InChI=1S/C14H20BrNO2/c1-3-5-10-16(4-2)14(17)11-18-13-9-7-6-8-12(13)15/h6-9H,3-5,10-11H2,1-2H3. The summed E-state index contributed by atoms with van der Waals surface area (Å²) in [4.78, 5) is 13.8. The van der Waals surface area contributed by atoms with Crippen molar-refractivity contribution in [3.8, 4) is 5.75 Å². The van der Waals surface area contributed by atoms with Crippen LogP contribution in [0, 0.1) is 0 Å². The van der Waals surface area contributed by atoms with Gasteiger partial charge in [0, 0.05) is 13.1 Å². The van der Waals surface area contributed by atoms with E-state index in [4.69, 9.17) is 4.74 Å². The Morgan fingerprint density at radius 3 is 2.67 bits per heavy atom. The third kappa shape index (κ3) is 4.69. The average molecular weight is 314 g/mol. The lowest BCUT2D eigenvalue weighted by Crippen LogP contribution is -2.35. The summed E-state index contributed by atoms with van der Waals surface area (Å²) < 4.78 is 6.39. The number of ether oxygens (including phenoxy) is 1. The van der Waals surface area contributed by atoms with Crippen molar-refractivity contribution < 1.29 is 9.53 Å². The number of likely N-dealkylation sites (N-methyl/N-ethyl adjacent to an activating group) is 1. The summed E-state index contributed by atoms with van der Waals surface area (Å²) in [7, 11) is 0. The first-order valence-corrected chi connectivity index (χ1v) is 7.13. The number of halogens is 1. The Bertz CT molecular complexity index is 382. The van der Waals surface area contributed by atoms with E-state index in [0.29, 0.717) is 5.75 Å². The van der Waals surface area contributed by atoms with Crippen LogP contribution in [0.5, 0.6) is 5.75 Å². The summed E-state index contributed by atoms with van der Waals surface area (Å²) in [6, 6.07) is 7.55. The molecule has 0 spiro atoms. The van der Waals surface area contributed by atoms with Crippen LogP contribution in [-0.2, 0) is 4.79 Å². The third-order valence-electron chi connectivity index (χ3n) is 2.70. The molecule has 4 heteroatoms. The van der Waals surface area contributed by atoms with Crippen molar-refractivity contribution in [3.63, 3.8) is 0 Å². The Morgan fingerprint density at radius 2 is 2.06 bits per heavy atom. The van der Waals surface area contributed by atoms with Crippen LogP contribution in [0.1, 0.15) is 26.7 Å². The Kier molecular flexibility index (Phi) is 6.80. The van der Waals surface area contributed by atoms with Gasteiger partial charge in [-0.1, -0.05) is 25.5 Å². The molecule has 0 heterocycles. The largest absolute Gasteiger partial charge is 0.483 e. The molecule has 0 saturated carbocycles. The molecule has 0 unspecified atom stereocenters. The highest BCUT2D eigenvalue weighted by Gasteiger charge is 2.12. The Labute approximate surface area is 117 Å². The van der Waals surface area contributed by atoms with Crippen molar-refractivity contribution in [1.29, 1.82) is 0 Å². The molecule has 1 aromatic rings. The minimum atomic E-state index is 0.0432. The van der Waals surface area contributed by atoms with Gasteiger partial charge in [-0.2, -0.15) is 0 Å². The summed E-state index contributed by atoms with van der Waals surface area (Å²) in [5, 5.41) is 0. The summed E-state index contributed by atoms with van der Waals surface area (Å²) in [5.41, 5.74) is 0. The lowest BCUT2D eigenvalue weighted by atomic mass is 10.3. The molecule has 100 valence electrons. The van der Waals surface area contributed by atoms with E-state index in [0.717, 1.165) is 30.4 Å². The minimum absolute atomic E-state index is 0.0432. The molecule has 0 aliphatic rings. The number of nitrogens with zero attached hydrogens (tertiary/aromatic N) is 1. The predicted octanol–water partition coefficient (Wildman–Crippen LogP) is 3.48. The minimum Gasteiger partial charge on any atom is -0.483 e. The maximum absolute atomic E-state index is 12.0. The zero-order valence-electron chi connectivity index (χ0n) is 11.0. The second-order valence-electron chi connectivity index (χ2n) is 4.05. The molecule has 3 nitrogen and oxygen atoms in total. The molecular formula is C14H20BrNO2. The number of amides is 1. The van der Waals surface area contributed by atoms with E-state index >= 15 is 0 Å². The van der Waals surface area contributed by atoms with Gasteiger partial charge in [0.15, 0.2) is 6.61 Å². The van der Waals surface area contributed by atoms with E-state index in [1.807, 2.05) is 36.1 Å². The quantitative estimate of drug-likeness (QED) is 0.771. The average Bonchev–Trinajstić information content (AvgIpc) is 2.38. The maximum atomic E-state index is 12.0. The van der Waals surface area contributed by atoms with Gasteiger partial charge in [0.05, 0.1) is 4.47 Å². The van der Waals surface area contributed by atoms with Crippen molar-refractivity contribution in [3.05, 3.63) is 28.7 Å². The summed E-state index contributed by atoms with van der Waals surface area (Å²) in [5.74, 6) is 0.749. The Balaban J connectivity index is 2.47. The molecule has 0 bridgehead atoms. The number of hydrogen-bond donors (Lipinski definition) is 0. The van der Waals surface area contributed by atoms with Crippen molar-refractivity contribution in [2.45, 2.75) is 26.7 Å². The zero-order chi connectivity index (χ0) is 13.4. The molecule has 0 fully saturated rings. The van der Waals surface area contributed by atoms with Crippen molar-refractivity contribution in [2.75, 3.05) is 19.7 Å². The van der Waals surface area contributed by atoms with Crippen LogP contribution in [0.15, 0.2) is 28.7 Å². The molecule has 18 heavy (non-hydrogen) atoms. The fraction of sp³-hybridized carbons (Fsp3) is 0.500. The number of carbonyl (C=O) groups is 1. The molecule has 0 saturated heterocycles. The Morgan fingerprint density at radius 1 is 1.33 bits per heavy atom. The van der Waals surface area contributed by atoms with E-state index in [9.17, 15) is 4.79 Å². The summed E-state index contributed by atoms with van der Waals surface area (Å²) in [6.45, 7) is 5.76. The van der Waals surface area contributed by atoms with E-state index in [2.05, 4.69) is 22.9 Å². The number of rotatable bonds is 7. The maximum Gasteiger partial charge on any atom is 0.260 e. The lowest BCUT2D eigenvalue weighted by molar-refractivity contribution is -0.133. The SMILES string of the molecule is CCCCN(CC)C(=O)COc1ccccc1Br. The molecule has 1 amide bonds. The Hall–Kier alpha value is -1.03. The van der Waals surface area contributed by atoms with Crippen molar-refractivity contribution >= 4 is 21.8 Å². The van der Waals surface area contributed by atoms with Crippen LogP contribution in [-0.4, -0.2) is 30.5 Å². The van der Waals surface area contributed by atoms with Crippen LogP contribution < -0.4 is 4.74 Å². The third-order valence-corrected chi connectivity index (χ3v) is 3.36. The van der Waals surface area contributed by atoms with E-state index < -0.39 is 0 Å². The van der Waals surface area contributed by atoms with Crippen LogP contribution in [0.3, 0.4) is 0 Å². The van der Waals surface area contributed by atoms with Crippen molar-refractivity contribution in [2.24, 2.45) is 0 Å². The van der Waals surface area contributed by atoms with Gasteiger partial charge >= 0.3 is 0 Å². The van der Waals surface area contributed by atoms with Gasteiger partial charge in [-0.25, -0.2) is 0 Å². The van der Waals surface area contributed by atoms with Gasteiger partial charge in [-0.3, -0.25) is 4.79 Å². The normalized spacial score (nSPS) is 10.2.